The Hall–Kier alpha value is -1.92. The highest BCUT2D eigenvalue weighted by Crippen LogP contribution is 2.24. The molecular weight excluding hydrogens is 286 g/mol. The minimum absolute atomic E-state index is 0.134. The molecule has 0 aliphatic rings. The first kappa shape index (κ1) is 15.5. The van der Waals surface area contributed by atoms with Crippen LogP contribution in [-0.4, -0.2) is 23.7 Å². The van der Waals surface area contributed by atoms with Crippen molar-refractivity contribution in [2.24, 2.45) is 0 Å². The number of nitrogen functional groups attached to an aromatic ring is 1. The summed E-state index contributed by atoms with van der Waals surface area (Å²) < 4.78 is 27.0. The van der Waals surface area contributed by atoms with E-state index in [0.717, 1.165) is 0 Å². The van der Waals surface area contributed by atoms with E-state index >= 15 is 0 Å². The van der Waals surface area contributed by atoms with E-state index in [4.69, 9.17) is 5.73 Å². The maximum atomic E-state index is 12.8. The predicted octanol–water partition coefficient (Wildman–Crippen LogP) is 2.26. The van der Waals surface area contributed by atoms with Crippen LogP contribution >= 0.6 is 0 Å². The Morgan fingerprint density at radius 3 is 2.38 bits per heavy atom. The summed E-state index contributed by atoms with van der Waals surface area (Å²) in [6, 6.07) is 11.7. The molecule has 21 heavy (non-hydrogen) atoms. The molecule has 0 aliphatic heterocycles. The zero-order valence-electron chi connectivity index (χ0n) is 12.1. The van der Waals surface area contributed by atoms with Gasteiger partial charge >= 0.3 is 0 Å². The fraction of sp³-hybridized carbons (Fsp3) is 0.267. The van der Waals surface area contributed by atoms with Crippen LogP contribution in [0.25, 0.3) is 0 Å². The zero-order chi connectivity index (χ0) is 15.5. The summed E-state index contributed by atoms with van der Waals surface area (Å²) in [5.41, 5.74) is 6.77. The molecule has 2 N–H and O–H groups in total. The number of nitrogens with two attached hydrogens (primary N) is 1. The van der Waals surface area contributed by atoms with Gasteiger partial charge in [0.15, 0.2) is 0 Å². The molecule has 1 aromatic heterocycles. The lowest BCUT2D eigenvalue weighted by molar-refractivity contribution is 0.345. The predicted molar refractivity (Wildman–Crippen MR) is 83.0 cm³/mol. The molecule has 0 radical (unpaired) electrons. The third-order valence-electron chi connectivity index (χ3n) is 3.13. The largest absolute Gasteiger partial charge is 0.398 e. The van der Waals surface area contributed by atoms with Crippen molar-refractivity contribution in [2.75, 3.05) is 5.73 Å². The van der Waals surface area contributed by atoms with Crippen LogP contribution in [0.3, 0.4) is 0 Å². The molecule has 5 nitrogen and oxygen atoms in total. The second kappa shape index (κ2) is 6.24. The molecule has 0 saturated carbocycles. The maximum Gasteiger partial charge on any atom is 0.245 e. The number of hydrogen-bond donors (Lipinski definition) is 1. The second-order valence-electron chi connectivity index (χ2n) is 5.00. The number of rotatable bonds is 5. The average molecular weight is 305 g/mol. The summed E-state index contributed by atoms with van der Waals surface area (Å²) in [7, 11) is -3.66. The van der Waals surface area contributed by atoms with E-state index in [9.17, 15) is 8.42 Å². The van der Waals surface area contributed by atoms with E-state index in [2.05, 4.69) is 4.98 Å². The van der Waals surface area contributed by atoms with Gasteiger partial charge in [0.05, 0.1) is 17.9 Å². The Morgan fingerprint density at radius 1 is 1.14 bits per heavy atom. The van der Waals surface area contributed by atoms with Crippen molar-refractivity contribution < 1.29 is 8.42 Å². The smallest absolute Gasteiger partial charge is 0.245 e. The van der Waals surface area contributed by atoms with Crippen molar-refractivity contribution >= 4 is 15.7 Å². The molecule has 0 saturated heterocycles. The normalized spacial score (nSPS) is 12.0. The monoisotopic (exact) mass is 305 g/mol. The van der Waals surface area contributed by atoms with Crippen LogP contribution in [0, 0.1) is 0 Å². The molecular formula is C15H19N3O2S. The van der Waals surface area contributed by atoms with Crippen molar-refractivity contribution in [3.8, 4) is 0 Å². The summed E-state index contributed by atoms with van der Waals surface area (Å²) >= 11 is 0. The Balaban J connectivity index is 2.40. The van der Waals surface area contributed by atoms with Gasteiger partial charge in [-0.2, -0.15) is 4.31 Å². The van der Waals surface area contributed by atoms with Crippen molar-refractivity contribution in [3.05, 3.63) is 54.4 Å². The topological polar surface area (TPSA) is 76.3 Å². The first-order chi connectivity index (χ1) is 9.93. The van der Waals surface area contributed by atoms with Crippen molar-refractivity contribution in [1.82, 2.24) is 9.29 Å². The summed E-state index contributed by atoms with van der Waals surface area (Å²) in [5.74, 6) is 0. The van der Waals surface area contributed by atoms with Gasteiger partial charge in [-0.15, -0.1) is 0 Å². The number of benzene rings is 1. The van der Waals surface area contributed by atoms with E-state index in [1.807, 2.05) is 19.9 Å². The zero-order valence-corrected chi connectivity index (χ0v) is 12.9. The number of sulfonamides is 1. The average Bonchev–Trinajstić information content (AvgIpc) is 2.45. The Bertz CT molecular complexity index is 700. The van der Waals surface area contributed by atoms with Gasteiger partial charge in [-0.25, -0.2) is 8.42 Å². The minimum Gasteiger partial charge on any atom is -0.398 e. The van der Waals surface area contributed by atoms with Crippen LogP contribution in [0.5, 0.6) is 0 Å². The molecule has 0 fully saturated rings. The van der Waals surface area contributed by atoms with Crippen molar-refractivity contribution in [3.63, 3.8) is 0 Å². The van der Waals surface area contributed by atoms with Gasteiger partial charge < -0.3 is 5.73 Å². The van der Waals surface area contributed by atoms with Gasteiger partial charge in [-0.1, -0.05) is 18.2 Å². The molecule has 2 aromatic rings. The number of para-hydroxylation sites is 1. The summed E-state index contributed by atoms with van der Waals surface area (Å²) in [5, 5.41) is 0. The molecule has 1 aromatic carbocycles. The molecule has 0 bridgehead atoms. The molecule has 0 atom stereocenters. The molecule has 1 heterocycles. The fourth-order valence-corrected chi connectivity index (χ4v) is 3.76. The Morgan fingerprint density at radius 2 is 1.81 bits per heavy atom. The quantitative estimate of drug-likeness (QED) is 0.860. The highest BCUT2D eigenvalue weighted by molar-refractivity contribution is 7.89. The third kappa shape index (κ3) is 3.40. The Kier molecular flexibility index (Phi) is 4.59. The van der Waals surface area contributed by atoms with Crippen molar-refractivity contribution in [2.45, 2.75) is 31.3 Å². The van der Waals surface area contributed by atoms with Crippen LogP contribution < -0.4 is 5.73 Å². The van der Waals surface area contributed by atoms with E-state index in [-0.39, 0.29) is 23.2 Å². The molecule has 0 aliphatic carbocycles. The fourth-order valence-electron chi connectivity index (χ4n) is 2.04. The van der Waals surface area contributed by atoms with Crippen LogP contribution in [0.15, 0.2) is 53.6 Å². The van der Waals surface area contributed by atoms with E-state index in [0.29, 0.717) is 5.69 Å². The number of aromatic nitrogens is 1. The van der Waals surface area contributed by atoms with E-state index < -0.39 is 10.0 Å². The van der Waals surface area contributed by atoms with Gasteiger partial charge in [0, 0.05) is 12.2 Å². The van der Waals surface area contributed by atoms with E-state index in [1.54, 1.807) is 36.5 Å². The lowest BCUT2D eigenvalue weighted by Gasteiger charge is -2.26. The SMILES string of the molecule is CC(C)N(Cc1ccccn1)S(=O)(=O)c1ccccc1N. The van der Waals surface area contributed by atoms with E-state index in [1.165, 1.54) is 10.4 Å². The van der Waals surface area contributed by atoms with Gasteiger partial charge in [-0.05, 0) is 38.1 Å². The number of pyridine rings is 1. The number of nitrogens with zero attached hydrogens (tertiary/aromatic N) is 2. The van der Waals surface area contributed by atoms with Crippen LogP contribution in [0.1, 0.15) is 19.5 Å². The van der Waals surface area contributed by atoms with Gasteiger partial charge in [0.1, 0.15) is 4.90 Å². The molecule has 2 rings (SSSR count). The standard InChI is InChI=1S/C15H19N3O2S/c1-12(2)18(11-13-7-5-6-10-17-13)21(19,20)15-9-4-3-8-14(15)16/h3-10,12H,11,16H2,1-2H3. The molecule has 0 amide bonds. The van der Waals surface area contributed by atoms with Gasteiger partial charge in [0.25, 0.3) is 0 Å². The summed E-state index contributed by atoms with van der Waals surface area (Å²) in [6.45, 7) is 3.88. The lowest BCUT2D eigenvalue weighted by atomic mass is 10.3. The first-order valence-electron chi connectivity index (χ1n) is 6.69. The van der Waals surface area contributed by atoms with Crippen molar-refractivity contribution in [1.29, 1.82) is 0 Å². The molecule has 112 valence electrons. The van der Waals surface area contributed by atoms with Gasteiger partial charge in [-0.3, -0.25) is 4.98 Å². The first-order valence-corrected chi connectivity index (χ1v) is 8.13. The Labute approximate surface area is 125 Å². The number of hydrogen-bond acceptors (Lipinski definition) is 4. The molecule has 0 unspecified atom stereocenters. The highest BCUT2D eigenvalue weighted by Gasteiger charge is 2.28. The maximum absolute atomic E-state index is 12.8. The molecule has 6 heteroatoms. The third-order valence-corrected chi connectivity index (χ3v) is 5.22. The minimum atomic E-state index is -3.66. The van der Waals surface area contributed by atoms with Crippen LogP contribution in [0.2, 0.25) is 0 Å². The second-order valence-corrected chi connectivity index (χ2v) is 6.86. The van der Waals surface area contributed by atoms with Crippen LogP contribution in [0.4, 0.5) is 5.69 Å². The van der Waals surface area contributed by atoms with Gasteiger partial charge in [0.2, 0.25) is 10.0 Å². The van der Waals surface area contributed by atoms with Crippen LogP contribution in [-0.2, 0) is 16.6 Å². The highest BCUT2D eigenvalue weighted by atomic mass is 32.2. The summed E-state index contributed by atoms with van der Waals surface area (Å²) in [6.07, 6.45) is 1.65. The number of anilines is 1. The molecule has 0 spiro atoms. The lowest BCUT2D eigenvalue weighted by Crippen LogP contribution is -2.37. The summed E-state index contributed by atoms with van der Waals surface area (Å²) in [4.78, 5) is 4.33.